The highest BCUT2D eigenvalue weighted by atomic mass is 16.3. The molecule has 1 aromatic heterocycles. The molecule has 19 heavy (non-hydrogen) atoms. The molecule has 0 spiro atoms. The van der Waals surface area contributed by atoms with Crippen molar-refractivity contribution in [3.8, 4) is 0 Å². The molecule has 1 amide bonds. The molecule has 2 atom stereocenters. The Balaban J connectivity index is 2.02. The van der Waals surface area contributed by atoms with E-state index in [1.165, 1.54) is 0 Å². The summed E-state index contributed by atoms with van der Waals surface area (Å²) in [6, 6.07) is 9.59. The Labute approximate surface area is 112 Å². The molecule has 0 aliphatic rings. The van der Waals surface area contributed by atoms with E-state index in [9.17, 15) is 4.79 Å². The van der Waals surface area contributed by atoms with Gasteiger partial charge in [0.05, 0.1) is 12.0 Å². The summed E-state index contributed by atoms with van der Waals surface area (Å²) in [5.41, 5.74) is 0.793. The van der Waals surface area contributed by atoms with Gasteiger partial charge in [-0.1, -0.05) is 18.2 Å². The van der Waals surface area contributed by atoms with E-state index < -0.39 is 6.10 Å². The highest BCUT2D eigenvalue weighted by Gasteiger charge is 2.19. The Kier molecular flexibility index (Phi) is 4.22. The zero-order chi connectivity index (χ0) is 13.8. The number of carbonyl (C=O) groups excluding carboxylic acids is 1. The predicted molar refractivity (Wildman–Crippen MR) is 73.9 cm³/mol. The fourth-order valence-electron chi connectivity index (χ4n) is 1.90. The molecule has 2 unspecified atom stereocenters. The summed E-state index contributed by atoms with van der Waals surface area (Å²) in [6.07, 6.45) is 0.153. The summed E-state index contributed by atoms with van der Waals surface area (Å²) < 4.78 is 5.67. The van der Waals surface area contributed by atoms with Crippen molar-refractivity contribution in [3.63, 3.8) is 0 Å². The lowest BCUT2D eigenvalue weighted by atomic mass is 10.1. The SMILES string of the molecule is CC(O)CCNC(=O)C(C)c1cc2ccccc2o1. The summed E-state index contributed by atoms with van der Waals surface area (Å²) in [6.45, 7) is 3.99. The lowest BCUT2D eigenvalue weighted by Gasteiger charge is -2.10. The van der Waals surface area contributed by atoms with E-state index in [1.807, 2.05) is 37.3 Å². The largest absolute Gasteiger partial charge is 0.460 e. The molecule has 0 radical (unpaired) electrons. The first-order valence-electron chi connectivity index (χ1n) is 6.52. The molecule has 102 valence electrons. The van der Waals surface area contributed by atoms with Crippen molar-refractivity contribution in [2.45, 2.75) is 32.3 Å². The molecule has 0 aliphatic carbocycles. The molecule has 0 bridgehead atoms. The van der Waals surface area contributed by atoms with Crippen LogP contribution in [0.5, 0.6) is 0 Å². The summed E-state index contributed by atoms with van der Waals surface area (Å²) >= 11 is 0. The monoisotopic (exact) mass is 261 g/mol. The molecule has 0 fully saturated rings. The van der Waals surface area contributed by atoms with Crippen LogP contribution in [-0.4, -0.2) is 23.7 Å². The first-order valence-corrected chi connectivity index (χ1v) is 6.52. The Morgan fingerprint density at radius 1 is 1.37 bits per heavy atom. The van der Waals surface area contributed by atoms with Crippen LogP contribution in [-0.2, 0) is 4.79 Å². The van der Waals surface area contributed by atoms with Gasteiger partial charge < -0.3 is 14.8 Å². The maximum Gasteiger partial charge on any atom is 0.230 e. The zero-order valence-electron chi connectivity index (χ0n) is 11.2. The van der Waals surface area contributed by atoms with Crippen LogP contribution in [0.3, 0.4) is 0 Å². The fourth-order valence-corrected chi connectivity index (χ4v) is 1.90. The van der Waals surface area contributed by atoms with Crippen molar-refractivity contribution < 1.29 is 14.3 Å². The predicted octanol–water partition coefficient (Wildman–Crippen LogP) is 2.42. The van der Waals surface area contributed by atoms with Gasteiger partial charge in [0, 0.05) is 11.9 Å². The second-order valence-corrected chi connectivity index (χ2v) is 4.84. The first kappa shape index (κ1) is 13.6. The number of fused-ring (bicyclic) bond motifs is 1. The summed E-state index contributed by atoms with van der Waals surface area (Å²) in [5.74, 6) is 0.247. The Morgan fingerprint density at radius 3 is 2.79 bits per heavy atom. The van der Waals surface area contributed by atoms with Crippen LogP contribution < -0.4 is 5.32 Å². The van der Waals surface area contributed by atoms with Crippen molar-refractivity contribution in [1.29, 1.82) is 0 Å². The van der Waals surface area contributed by atoms with Gasteiger partial charge in [-0.25, -0.2) is 0 Å². The molecule has 4 heteroatoms. The van der Waals surface area contributed by atoms with Crippen molar-refractivity contribution in [3.05, 3.63) is 36.1 Å². The number of furan rings is 1. The third-order valence-electron chi connectivity index (χ3n) is 3.13. The molecular formula is C15H19NO3. The fraction of sp³-hybridized carbons (Fsp3) is 0.400. The zero-order valence-corrected chi connectivity index (χ0v) is 11.2. The van der Waals surface area contributed by atoms with E-state index in [0.717, 1.165) is 11.0 Å². The normalized spacial score (nSPS) is 14.3. The quantitative estimate of drug-likeness (QED) is 0.869. The number of aliphatic hydroxyl groups is 1. The maximum atomic E-state index is 11.9. The molecule has 0 saturated carbocycles. The number of hydrogen-bond acceptors (Lipinski definition) is 3. The van der Waals surface area contributed by atoms with Crippen LogP contribution in [0.15, 0.2) is 34.7 Å². The summed E-state index contributed by atoms with van der Waals surface area (Å²) in [5, 5.41) is 12.9. The van der Waals surface area contributed by atoms with Gasteiger partial charge in [0.25, 0.3) is 0 Å². The maximum absolute atomic E-state index is 11.9. The van der Waals surface area contributed by atoms with E-state index in [4.69, 9.17) is 9.52 Å². The molecule has 1 heterocycles. The molecule has 0 saturated heterocycles. The number of carbonyl (C=O) groups is 1. The number of aliphatic hydroxyl groups excluding tert-OH is 1. The van der Waals surface area contributed by atoms with Gasteiger partial charge in [-0.15, -0.1) is 0 Å². The van der Waals surface area contributed by atoms with Crippen LogP contribution in [0.2, 0.25) is 0 Å². The summed E-state index contributed by atoms with van der Waals surface area (Å²) in [4.78, 5) is 11.9. The van der Waals surface area contributed by atoms with Crippen LogP contribution >= 0.6 is 0 Å². The summed E-state index contributed by atoms with van der Waals surface area (Å²) in [7, 11) is 0. The Hall–Kier alpha value is -1.81. The van der Waals surface area contributed by atoms with Crippen molar-refractivity contribution >= 4 is 16.9 Å². The number of nitrogens with one attached hydrogen (secondary N) is 1. The highest BCUT2D eigenvalue weighted by Crippen LogP contribution is 2.24. The van der Waals surface area contributed by atoms with E-state index >= 15 is 0 Å². The van der Waals surface area contributed by atoms with E-state index in [0.29, 0.717) is 18.7 Å². The lowest BCUT2D eigenvalue weighted by molar-refractivity contribution is -0.122. The van der Waals surface area contributed by atoms with Crippen LogP contribution in [0.4, 0.5) is 0 Å². The number of rotatable bonds is 5. The second-order valence-electron chi connectivity index (χ2n) is 4.84. The minimum Gasteiger partial charge on any atom is -0.460 e. The number of benzene rings is 1. The van der Waals surface area contributed by atoms with E-state index in [2.05, 4.69) is 5.32 Å². The number of hydrogen-bond donors (Lipinski definition) is 2. The minimum atomic E-state index is -0.401. The third kappa shape index (κ3) is 3.35. The van der Waals surface area contributed by atoms with Gasteiger partial charge in [-0.3, -0.25) is 4.79 Å². The molecule has 2 rings (SSSR count). The number of para-hydroxylation sites is 1. The van der Waals surface area contributed by atoms with Gasteiger partial charge in [-0.05, 0) is 32.4 Å². The van der Waals surface area contributed by atoms with Gasteiger partial charge in [0.1, 0.15) is 11.3 Å². The van der Waals surface area contributed by atoms with Crippen LogP contribution in [0.25, 0.3) is 11.0 Å². The van der Waals surface area contributed by atoms with Gasteiger partial charge in [0.2, 0.25) is 5.91 Å². The Bertz CT molecular complexity index is 526. The molecule has 2 N–H and O–H groups in total. The first-order chi connectivity index (χ1) is 9.08. The molecular weight excluding hydrogens is 242 g/mol. The van der Waals surface area contributed by atoms with Crippen molar-refractivity contribution in [2.75, 3.05) is 6.54 Å². The van der Waals surface area contributed by atoms with Crippen molar-refractivity contribution in [2.24, 2.45) is 0 Å². The topological polar surface area (TPSA) is 62.5 Å². The standard InChI is InChI=1S/C15H19NO3/c1-10(17)7-8-16-15(18)11(2)14-9-12-5-3-4-6-13(12)19-14/h3-6,9-11,17H,7-8H2,1-2H3,(H,16,18). The highest BCUT2D eigenvalue weighted by molar-refractivity contribution is 5.85. The van der Waals surface area contributed by atoms with Crippen molar-refractivity contribution in [1.82, 2.24) is 5.32 Å². The van der Waals surface area contributed by atoms with E-state index in [1.54, 1.807) is 6.92 Å². The Morgan fingerprint density at radius 2 is 2.11 bits per heavy atom. The van der Waals surface area contributed by atoms with Crippen LogP contribution in [0, 0.1) is 0 Å². The number of amides is 1. The van der Waals surface area contributed by atoms with Gasteiger partial charge >= 0.3 is 0 Å². The van der Waals surface area contributed by atoms with Gasteiger partial charge in [0.15, 0.2) is 0 Å². The molecule has 1 aromatic carbocycles. The average molecular weight is 261 g/mol. The molecule has 0 aliphatic heterocycles. The van der Waals surface area contributed by atoms with Crippen LogP contribution in [0.1, 0.15) is 31.9 Å². The average Bonchev–Trinajstić information content (AvgIpc) is 2.80. The minimum absolute atomic E-state index is 0.0836. The lowest BCUT2D eigenvalue weighted by Crippen LogP contribution is -2.30. The third-order valence-corrected chi connectivity index (χ3v) is 3.13. The van der Waals surface area contributed by atoms with Gasteiger partial charge in [-0.2, -0.15) is 0 Å². The second kappa shape index (κ2) is 5.89. The van der Waals surface area contributed by atoms with E-state index in [-0.39, 0.29) is 11.8 Å². The molecule has 2 aromatic rings. The smallest absolute Gasteiger partial charge is 0.230 e. The molecule has 4 nitrogen and oxygen atoms in total.